The first-order chi connectivity index (χ1) is 8.83. The summed E-state index contributed by atoms with van der Waals surface area (Å²) in [6, 6.07) is 0. The lowest BCUT2D eigenvalue weighted by atomic mass is 9.86. The lowest BCUT2D eigenvalue weighted by molar-refractivity contribution is 0.436. The van der Waals surface area contributed by atoms with Crippen molar-refractivity contribution in [2.75, 3.05) is 13.1 Å². The van der Waals surface area contributed by atoms with Crippen molar-refractivity contribution in [1.82, 2.24) is 10.3 Å². The van der Waals surface area contributed by atoms with E-state index in [1.807, 2.05) is 11.3 Å². The van der Waals surface area contributed by atoms with E-state index in [9.17, 15) is 0 Å². The number of hydrogen-bond donors (Lipinski definition) is 1. The van der Waals surface area contributed by atoms with Crippen molar-refractivity contribution in [3.05, 3.63) is 15.6 Å². The fourth-order valence-corrected chi connectivity index (χ4v) is 4.58. The molecular formula is C15H24N2S. The summed E-state index contributed by atoms with van der Waals surface area (Å²) in [6.45, 7) is 4.67. The highest BCUT2D eigenvalue weighted by molar-refractivity contribution is 7.11. The Kier molecular flexibility index (Phi) is 4.00. The van der Waals surface area contributed by atoms with Gasteiger partial charge in [-0.3, -0.25) is 0 Å². The Morgan fingerprint density at radius 2 is 2.06 bits per heavy atom. The normalized spacial score (nSPS) is 25.7. The molecule has 0 bridgehead atoms. The molecule has 1 saturated carbocycles. The van der Waals surface area contributed by atoms with Crippen LogP contribution < -0.4 is 5.32 Å². The molecule has 1 saturated heterocycles. The van der Waals surface area contributed by atoms with Gasteiger partial charge in [-0.25, -0.2) is 4.98 Å². The number of hydrogen-bond acceptors (Lipinski definition) is 3. The van der Waals surface area contributed by atoms with Crippen LogP contribution in [0.4, 0.5) is 0 Å². The van der Waals surface area contributed by atoms with Gasteiger partial charge in [-0.15, -0.1) is 11.3 Å². The van der Waals surface area contributed by atoms with Gasteiger partial charge in [0.2, 0.25) is 0 Å². The van der Waals surface area contributed by atoms with Gasteiger partial charge >= 0.3 is 0 Å². The Hall–Kier alpha value is -0.410. The zero-order chi connectivity index (χ0) is 12.4. The summed E-state index contributed by atoms with van der Waals surface area (Å²) in [5.41, 5.74) is 1.45. The average molecular weight is 264 g/mol. The third kappa shape index (κ3) is 2.77. The summed E-state index contributed by atoms with van der Waals surface area (Å²) < 4.78 is 0. The zero-order valence-electron chi connectivity index (χ0n) is 11.4. The number of thiazole rings is 1. The fraction of sp³-hybridized carbons (Fsp3) is 0.800. The second kappa shape index (κ2) is 5.70. The molecule has 2 aliphatic rings. The molecule has 0 amide bonds. The maximum atomic E-state index is 4.99. The molecule has 100 valence electrons. The highest BCUT2D eigenvalue weighted by atomic mass is 32.1. The van der Waals surface area contributed by atoms with Gasteiger partial charge in [0.25, 0.3) is 0 Å². The Labute approximate surface area is 114 Å². The van der Waals surface area contributed by atoms with Crippen LogP contribution in [0.2, 0.25) is 0 Å². The second-order valence-corrected chi connectivity index (χ2v) is 7.23. The van der Waals surface area contributed by atoms with Crippen molar-refractivity contribution in [3.63, 3.8) is 0 Å². The summed E-state index contributed by atoms with van der Waals surface area (Å²) in [6.07, 6.45) is 9.51. The van der Waals surface area contributed by atoms with Crippen LogP contribution in [0.25, 0.3) is 0 Å². The standard InChI is InChI=1S/C15H24N2S/c1-11-15(13-5-3-2-4-6-13)17-14(18-11)9-12-7-8-16-10-12/h12-13,16H,2-10H2,1H3. The second-order valence-electron chi connectivity index (χ2n) is 5.95. The molecule has 1 aliphatic carbocycles. The van der Waals surface area contributed by atoms with Gasteiger partial charge in [0.15, 0.2) is 0 Å². The molecule has 0 spiro atoms. The quantitative estimate of drug-likeness (QED) is 0.901. The lowest BCUT2D eigenvalue weighted by Gasteiger charge is -2.20. The fourth-order valence-electron chi connectivity index (χ4n) is 3.44. The number of rotatable bonds is 3. The summed E-state index contributed by atoms with van der Waals surface area (Å²) in [5, 5.41) is 4.84. The van der Waals surface area contributed by atoms with Gasteiger partial charge < -0.3 is 5.32 Å². The Balaban J connectivity index is 1.69. The molecular weight excluding hydrogens is 240 g/mol. The number of aryl methyl sites for hydroxylation is 1. The van der Waals surface area contributed by atoms with Crippen molar-refractivity contribution in [1.29, 1.82) is 0 Å². The first kappa shape index (κ1) is 12.6. The molecule has 0 aromatic carbocycles. The Morgan fingerprint density at radius 1 is 1.22 bits per heavy atom. The molecule has 0 radical (unpaired) electrons. The number of nitrogens with one attached hydrogen (secondary N) is 1. The molecule has 1 unspecified atom stereocenters. The van der Waals surface area contributed by atoms with Crippen molar-refractivity contribution in [3.8, 4) is 0 Å². The largest absolute Gasteiger partial charge is 0.316 e. The van der Waals surface area contributed by atoms with Gasteiger partial charge in [0.1, 0.15) is 0 Å². The van der Waals surface area contributed by atoms with Gasteiger partial charge in [0, 0.05) is 17.2 Å². The van der Waals surface area contributed by atoms with Crippen LogP contribution in [-0.2, 0) is 6.42 Å². The average Bonchev–Trinajstić information content (AvgIpc) is 3.01. The van der Waals surface area contributed by atoms with Crippen LogP contribution in [0.5, 0.6) is 0 Å². The molecule has 1 aliphatic heterocycles. The maximum absolute atomic E-state index is 4.99. The van der Waals surface area contributed by atoms with E-state index in [4.69, 9.17) is 4.98 Å². The third-order valence-corrected chi connectivity index (χ3v) is 5.50. The van der Waals surface area contributed by atoms with Gasteiger partial charge in [-0.05, 0) is 45.2 Å². The topological polar surface area (TPSA) is 24.9 Å². The van der Waals surface area contributed by atoms with Crippen LogP contribution >= 0.6 is 11.3 Å². The van der Waals surface area contributed by atoms with Crippen LogP contribution in [0.3, 0.4) is 0 Å². The minimum absolute atomic E-state index is 0.769. The van der Waals surface area contributed by atoms with E-state index in [1.54, 1.807) is 0 Å². The van der Waals surface area contributed by atoms with Gasteiger partial charge in [-0.1, -0.05) is 19.3 Å². The van der Waals surface area contributed by atoms with E-state index >= 15 is 0 Å². The molecule has 2 fully saturated rings. The summed E-state index contributed by atoms with van der Waals surface area (Å²) in [7, 11) is 0. The summed E-state index contributed by atoms with van der Waals surface area (Å²) in [4.78, 5) is 6.48. The predicted octanol–water partition coefficient (Wildman–Crippen LogP) is 3.65. The van der Waals surface area contributed by atoms with E-state index in [0.29, 0.717) is 0 Å². The molecule has 3 rings (SSSR count). The van der Waals surface area contributed by atoms with E-state index < -0.39 is 0 Å². The Morgan fingerprint density at radius 3 is 2.78 bits per heavy atom. The zero-order valence-corrected chi connectivity index (χ0v) is 12.2. The highest BCUT2D eigenvalue weighted by Gasteiger charge is 2.22. The minimum atomic E-state index is 0.769. The monoisotopic (exact) mass is 264 g/mol. The molecule has 1 aromatic heterocycles. The smallest absolute Gasteiger partial charge is 0.0934 e. The van der Waals surface area contributed by atoms with Crippen LogP contribution in [-0.4, -0.2) is 18.1 Å². The Bertz CT molecular complexity index is 387. The molecule has 3 heteroatoms. The first-order valence-electron chi connectivity index (χ1n) is 7.50. The van der Waals surface area contributed by atoms with Gasteiger partial charge in [-0.2, -0.15) is 0 Å². The molecule has 2 nitrogen and oxygen atoms in total. The van der Waals surface area contributed by atoms with E-state index in [0.717, 1.165) is 11.8 Å². The summed E-state index contributed by atoms with van der Waals surface area (Å²) in [5.74, 6) is 1.60. The highest BCUT2D eigenvalue weighted by Crippen LogP contribution is 2.36. The van der Waals surface area contributed by atoms with Crippen molar-refractivity contribution < 1.29 is 0 Å². The number of nitrogens with zero attached hydrogens (tertiary/aromatic N) is 1. The lowest BCUT2D eigenvalue weighted by Crippen LogP contribution is -2.11. The van der Waals surface area contributed by atoms with E-state index in [2.05, 4.69) is 12.2 Å². The van der Waals surface area contributed by atoms with Gasteiger partial charge in [0.05, 0.1) is 10.7 Å². The van der Waals surface area contributed by atoms with E-state index in [-0.39, 0.29) is 0 Å². The number of aromatic nitrogens is 1. The molecule has 18 heavy (non-hydrogen) atoms. The van der Waals surface area contributed by atoms with E-state index in [1.165, 1.54) is 73.6 Å². The first-order valence-corrected chi connectivity index (χ1v) is 8.31. The molecule has 1 aromatic rings. The van der Waals surface area contributed by atoms with Crippen LogP contribution in [0.1, 0.15) is 60.0 Å². The van der Waals surface area contributed by atoms with Crippen LogP contribution in [0, 0.1) is 12.8 Å². The van der Waals surface area contributed by atoms with Crippen molar-refractivity contribution >= 4 is 11.3 Å². The van der Waals surface area contributed by atoms with Crippen molar-refractivity contribution in [2.24, 2.45) is 5.92 Å². The SMILES string of the molecule is Cc1sc(CC2CCNC2)nc1C1CCCCC1. The molecule has 1 atom stereocenters. The maximum Gasteiger partial charge on any atom is 0.0934 e. The molecule has 2 heterocycles. The van der Waals surface area contributed by atoms with Crippen LogP contribution in [0.15, 0.2) is 0 Å². The third-order valence-electron chi connectivity index (χ3n) is 4.49. The van der Waals surface area contributed by atoms with Crippen molar-refractivity contribution in [2.45, 2.75) is 57.8 Å². The predicted molar refractivity (Wildman–Crippen MR) is 77.4 cm³/mol. The minimum Gasteiger partial charge on any atom is -0.316 e. The molecule has 1 N–H and O–H groups in total. The summed E-state index contributed by atoms with van der Waals surface area (Å²) >= 11 is 1.96.